The van der Waals surface area contributed by atoms with Gasteiger partial charge in [-0.2, -0.15) is 0 Å². The first-order chi connectivity index (χ1) is 12.1. The molecule has 0 radical (unpaired) electrons. The maximum atomic E-state index is 12.1. The number of ether oxygens (including phenoxy) is 1. The molecule has 1 aliphatic carbocycles. The average Bonchev–Trinajstić information content (AvgIpc) is 2.90. The number of carbonyl (C=O) groups is 3. The van der Waals surface area contributed by atoms with Crippen molar-refractivity contribution in [3.63, 3.8) is 0 Å². The minimum absolute atomic E-state index is 0.0788. The normalized spacial score (nSPS) is 22.2. The highest BCUT2D eigenvalue weighted by Gasteiger charge is 2.33. The fourth-order valence-electron chi connectivity index (χ4n) is 2.90. The van der Waals surface area contributed by atoms with Crippen LogP contribution in [0.1, 0.15) is 55.3 Å². The minimum Gasteiger partial charge on any atom is -0.490 e. The van der Waals surface area contributed by atoms with E-state index in [9.17, 15) is 14.4 Å². The summed E-state index contributed by atoms with van der Waals surface area (Å²) in [6, 6.07) is 6.56. The zero-order chi connectivity index (χ0) is 17.6. The first-order valence-electron chi connectivity index (χ1n) is 8.63. The summed E-state index contributed by atoms with van der Waals surface area (Å²) in [6.45, 7) is 0. The standard InChI is InChI=1S/C19H21NO5/c21-17-12-13-18(22)20(17)25-19(23)14-8-10-16(11-9-14)24-15-6-4-2-1-3-5-7-15/h1-2,8-11,15H,3-7,12-13H2/b2-1+. The SMILES string of the molecule is O=C(ON1C(=O)CCC1=O)c1ccc(OC2CC/C=C/CCC2)cc1. The topological polar surface area (TPSA) is 72.9 Å². The molecule has 1 aliphatic heterocycles. The monoisotopic (exact) mass is 343 g/mol. The zero-order valence-electron chi connectivity index (χ0n) is 14.0. The Labute approximate surface area is 146 Å². The molecule has 0 saturated carbocycles. The molecule has 1 aromatic rings. The van der Waals surface area contributed by atoms with Crippen LogP contribution in [0.4, 0.5) is 0 Å². The summed E-state index contributed by atoms with van der Waals surface area (Å²) in [4.78, 5) is 39.9. The summed E-state index contributed by atoms with van der Waals surface area (Å²) in [6.07, 6.45) is 9.90. The van der Waals surface area contributed by atoms with E-state index in [1.54, 1.807) is 24.3 Å². The molecule has 1 heterocycles. The molecule has 2 aliphatic rings. The summed E-state index contributed by atoms with van der Waals surface area (Å²) in [7, 11) is 0. The summed E-state index contributed by atoms with van der Waals surface area (Å²) in [5, 5.41) is 0.550. The predicted molar refractivity (Wildman–Crippen MR) is 89.6 cm³/mol. The largest absolute Gasteiger partial charge is 0.490 e. The van der Waals surface area contributed by atoms with Crippen molar-refractivity contribution in [2.75, 3.05) is 0 Å². The maximum Gasteiger partial charge on any atom is 0.363 e. The molecule has 1 unspecified atom stereocenters. The third-order valence-corrected chi connectivity index (χ3v) is 4.29. The van der Waals surface area contributed by atoms with Gasteiger partial charge in [-0.1, -0.05) is 12.2 Å². The number of allylic oxidation sites excluding steroid dienone is 2. The number of carbonyl (C=O) groups excluding carboxylic acids is 3. The van der Waals surface area contributed by atoms with Crippen LogP contribution >= 0.6 is 0 Å². The molecule has 25 heavy (non-hydrogen) atoms. The molecule has 1 aromatic carbocycles. The lowest BCUT2D eigenvalue weighted by molar-refractivity contribution is -0.172. The molecule has 0 N–H and O–H groups in total. The Kier molecular flexibility index (Phi) is 5.48. The van der Waals surface area contributed by atoms with Crippen molar-refractivity contribution >= 4 is 17.8 Å². The van der Waals surface area contributed by atoms with Gasteiger partial charge in [0.25, 0.3) is 11.8 Å². The molecule has 1 fully saturated rings. The van der Waals surface area contributed by atoms with Crippen molar-refractivity contribution in [2.24, 2.45) is 0 Å². The molecule has 132 valence electrons. The Morgan fingerprint density at radius 3 is 2.36 bits per heavy atom. The Morgan fingerprint density at radius 2 is 1.64 bits per heavy atom. The van der Waals surface area contributed by atoms with E-state index in [1.807, 2.05) is 0 Å². The van der Waals surface area contributed by atoms with Gasteiger partial charge in [0.2, 0.25) is 0 Å². The molecule has 0 aromatic heterocycles. The van der Waals surface area contributed by atoms with Crippen molar-refractivity contribution in [1.82, 2.24) is 5.06 Å². The van der Waals surface area contributed by atoms with Crippen molar-refractivity contribution in [1.29, 1.82) is 0 Å². The highest BCUT2D eigenvalue weighted by molar-refractivity contribution is 6.02. The van der Waals surface area contributed by atoms with Crippen LogP contribution in [0.2, 0.25) is 0 Å². The molecule has 6 heteroatoms. The molecular formula is C19H21NO5. The first kappa shape index (κ1) is 17.2. The number of imide groups is 1. The van der Waals surface area contributed by atoms with Gasteiger partial charge in [-0.05, 0) is 56.4 Å². The lowest BCUT2D eigenvalue weighted by Gasteiger charge is -2.20. The van der Waals surface area contributed by atoms with Crippen LogP contribution in [0.15, 0.2) is 36.4 Å². The second-order valence-corrected chi connectivity index (χ2v) is 6.20. The van der Waals surface area contributed by atoms with E-state index in [4.69, 9.17) is 9.57 Å². The van der Waals surface area contributed by atoms with Crippen LogP contribution < -0.4 is 4.74 Å². The van der Waals surface area contributed by atoms with E-state index in [2.05, 4.69) is 12.2 Å². The molecule has 0 bridgehead atoms. The second-order valence-electron chi connectivity index (χ2n) is 6.20. The lowest BCUT2D eigenvalue weighted by atomic mass is 10.0. The molecule has 0 spiro atoms. The van der Waals surface area contributed by atoms with Crippen molar-refractivity contribution < 1.29 is 24.0 Å². The number of nitrogens with zero attached hydrogens (tertiary/aromatic N) is 1. The molecule has 6 nitrogen and oxygen atoms in total. The maximum absolute atomic E-state index is 12.1. The van der Waals surface area contributed by atoms with E-state index < -0.39 is 17.8 Å². The quantitative estimate of drug-likeness (QED) is 0.620. The third kappa shape index (κ3) is 4.47. The minimum atomic E-state index is -0.730. The van der Waals surface area contributed by atoms with Crippen molar-refractivity contribution in [3.8, 4) is 5.75 Å². The van der Waals surface area contributed by atoms with Crippen LogP contribution in [0, 0.1) is 0 Å². The van der Waals surface area contributed by atoms with Gasteiger partial charge in [-0.3, -0.25) is 9.59 Å². The number of hydrogen-bond donors (Lipinski definition) is 0. The fourth-order valence-corrected chi connectivity index (χ4v) is 2.90. The summed E-state index contributed by atoms with van der Waals surface area (Å²) >= 11 is 0. The van der Waals surface area contributed by atoms with E-state index >= 15 is 0 Å². The number of rotatable bonds is 4. The molecular weight excluding hydrogens is 322 g/mol. The van der Waals surface area contributed by atoms with Gasteiger partial charge in [0.05, 0.1) is 11.7 Å². The van der Waals surface area contributed by atoms with Gasteiger partial charge in [0, 0.05) is 12.8 Å². The number of hydrogen-bond acceptors (Lipinski definition) is 5. The Hall–Kier alpha value is -2.63. The molecule has 1 atom stereocenters. The van der Waals surface area contributed by atoms with Crippen molar-refractivity contribution in [2.45, 2.75) is 51.0 Å². The summed E-state index contributed by atoms with van der Waals surface area (Å²) in [5.41, 5.74) is 0.264. The van der Waals surface area contributed by atoms with Crippen LogP contribution in [-0.2, 0) is 14.4 Å². The van der Waals surface area contributed by atoms with Crippen LogP contribution in [0.25, 0.3) is 0 Å². The van der Waals surface area contributed by atoms with Crippen LogP contribution in [0.3, 0.4) is 0 Å². The summed E-state index contributed by atoms with van der Waals surface area (Å²) in [5.74, 6) is -1.01. The van der Waals surface area contributed by atoms with Gasteiger partial charge in [0.1, 0.15) is 5.75 Å². The Bertz CT molecular complexity index is 664. The Morgan fingerprint density at radius 1 is 0.960 bits per heavy atom. The van der Waals surface area contributed by atoms with Gasteiger partial charge >= 0.3 is 5.97 Å². The van der Waals surface area contributed by atoms with Gasteiger partial charge in [0.15, 0.2) is 0 Å². The fraction of sp³-hybridized carbons (Fsp3) is 0.421. The van der Waals surface area contributed by atoms with E-state index in [1.165, 1.54) is 0 Å². The van der Waals surface area contributed by atoms with Crippen molar-refractivity contribution in [3.05, 3.63) is 42.0 Å². The van der Waals surface area contributed by atoms with Gasteiger partial charge < -0.3 is 9.57 Å². The first-order valence-corrected chi connectivity index (χ1v) is 8.63. The van der Waals surface area contributed by atoms with Gasteiger partial charge in [-0.25, -0.2) is 4.79 Å². The molecule has 2 amide bonds. The van der Waals surface area contributed by atoms with E-state index in [-0.39, 0.29) is 24.5 Å². The van der Waals surface area contributed by atoms with E-state index in [0.29, 0.717) is 10.8 Å². The second kappa shape index (κ2) is 7.96. The zero-order valence-corrected chi connectivity index (χ0v) is 14.0. The number of amides is 2. The highest BCUT2D eigenvalue weighted by Crippen LogP contribution is 2.21. The molecule has 3 rings (SSSR count). The van der Waals surface area contributed by atoms with Gasteiger partial charge in [-0.15, -0.1) is 5.06 Å². The average molecular weight is 343 g/mol. The lowest BCUT2D eigenvalue weighted by Crippen LogP contribution is -2.32. The smallest absolute Gasteiger partial charge is 0.363 e. The predicted octanol–water partition coefficient (Wildman–Crippen LogP) is 3.18. The molecule has 1 saturated heterocycles. The Balaban J connectivity index is 1.57. The van der Waals surface area contributed by atoms with Crippen LogP contribution in [-0.4, -0.2) is 29.0 Å². The third-order valence-electron chi connectivity index (χ3n) is 4.29. The number of benzene rings is 1. The van der Waals surface area contributed by atoms with E-state index in [0.717, 1.165) is 32.1 Å². The van der Waals surface area contributed by atoms with Crippen LogP contribution in [0.5, 0.6) is 5.75 Å². The summed E-state index contributed by atoms with van der Waals surface area (Å²) < 4.78 is 5.99. The number of hydroxylamine groups is 2. The highest BCUT2D eigenvalue weighted by atomic mass is 16.7.